The summed E-state index contributed by atoms with van der Waals surface area (Å²) < 4.78 is 10.9. The van der Waals surface area contributed by atoms with Crippen LogP contribution in [0, 0.1) is 6.92 Å². The zero-order valence-electron chi connectivity index (χ0n) is 10.3. The molecular formula is C14H14BrNO2. The minimum Gasteiger partial charge on any atom is -0.497 e. The van der Waals surface area contributed by atoms with Crippen molar-refractivity contribution >= 4 is 15.9 Å². The Hall–Kier alpha value is -1.55. The highest BCUT2D eigenvalue weighted by molar-refractivity contribution is 9.08. The lowest BCUT2D eigenvalue weighted by atomic mass is 10.2. The van der Waals surface area contributed by atoms with E-state index in [0.717, 1.165) is 28.0 Å². The first-order valence-corrected chi connectivity index (χ1v) is 6.68. The van der Waals surface area contributed by atoms with Crippen molar-refractivity contribution in [1.29, 1.82) is 0 Å². The number of hydrogen-bond donors (Lipinski definition) is 0. The number of benzene rings is 1. The van der Waals surface area contributed by atoms with E-state index in [1.165, 1.54) is 0 Å². The Balaban J connectivity index is 2.22. The summed E-state index contributed by atoms with van der Waals surface area (Å²) in [4.78, 5) is 4.31. The fourth-order valence-electron chi connectivity index (χ4n) is 1.58. The van der Waals surface area contributed by atoms with Crippen LogP contribution in [0.25, 0.3) is 0 Å². The molecule has 0 spiro atoms. The second kappa shape index (κ2) is 5.87. The lowest BCUT2D eigenvalue weighted by molar-refractivity contribution is 0.407. The molecule has 0 amide bonds. The molecule has 1 aromatic heterocycles. The number of methoxy groups -OCH3 is 1. The molecule has 4 heteroatoms. The van der Waals surface area contributed by atoms with Crippen molar-refractivity contribution in [1.82, 2.24) is 4.98 Å². The Bertz CT molecular complexity index is 543. The topological polar surface area (TPSA) is 31.4 Å². The molecule has 1 aromatic carbocycles. The average Bonchev–Trinajstić information content (AvgIpc) is 2.41. The Labute approximate surface area is 115 Å². The fourth-order valence-corrected chi connectivity index (χ4v) is 1.88. The van der Waals surface area contributed by atoms with Crippen LogP contribution in [0.1, 0.15) is 11.1 Å². The van der Waals surface area contributed by atoms with Gasteiger partial charge >= 0.3 is 0 Å². The maximum atomic E-state index is 5.74. The molecule has 0 aliphatic heterocycles. The average molecular weight is 308 g/mol. The Morgan fingerprint density at radius 2 is 2.00 bits per heavy atom. The van der Waals surface area contributed by atoms with Crippen LogP contribution in [0.2, 0.25) is 0 Å². The predicted octanol–water partition coefficient (Wildman–Crippen LogP) is 4.09. The van der Waals surface area contributed by atoms with Crippen molar-refractivity contribution in [2.24, 2.45) is 0 Å². The van der Waals surface area contributed by atoms with Crippen molar-refractivity contribution in [2.45, 2.75) is 12.3 Å². The first kappa shape index (κ1) is 12.9. The van der Waals surface area contributed by atoms with Crippen molar-refractivity contribution in [2.75, 3.05) is 7.11 Å². The minimum atomic E-state index is 0.618. The number of hydrogen-bond acceptors (Lipinski definition) is 3. The van der Waals surface area contributed by atoms with Gasteiger partial charge in [0.25, 0.3) is 0 Å². The maximum absolute atomic E-state index is 5.74. The first-order valence-electron chi connectivity index (χ1n) is 5.56. The van der Waals surface area contributed by atoms with Crippen molar-refractivity contribution in [3.63, 3.8) is 0 Å². The normalized spacial score (nSPS) is 10.2. The molecule has 3 nitrogen and oxygen atoms in total. The van der Waals surface area contributed by atoms with E-state index in [1.807, 2.05) is 31.2 Å². The number of halogens is 1. The van der Waals surface area contributed by atoms with E-state index in [9.17, 15) is 0 Å². The molecule has 0 saturated carbocycles. The van der Waals surface area contributed by atoms with Gasteiger partial charge in [0.1, 0.15) is 11.5 Å². The molecule has 0 saturated heterocycles. The first-order chi connectivity index (χ1) is 8.72. The van der Waals surface area contributed by atoms with Gasteiger partial charge in [-0.2, -0.15) is 0 Å². The Kier molecular flexibility index (Phi) is 4.20. The maximum Gasteiger partial charge on any atom is 0.222 e. The number of aryl methyl sites for hydroxylation is 1. The van der Waals surface area contributed by atoms with Crippen molar-refractivity contribution in [3.8, 4) is 17.4 Å². The molecule has 0 aliphatic rings. The van der Waals surface area contributed by atoms with Gasteiger partial charge < -0.3 is 9.47 Å². The lowest BCUT2D eigenvalue weighted by Crippen LogP contribution is -1.93. The van der Waals surface area contributed by atoms with E-state index in [4.69, 9.17) is 9.47 Å². The van der Waals surface area contributed by atoms with Crippen LogP contribution < -0.4 is 9.47 Å². The van der Waals surface area contributed by atoms with Crippen LogP contribution in [0.4, 0.5) is 0 Å². The van der Waals surface area contributed by atoms with Crippen LogP contribution in [0.15, 0.2) is 36.5 Å². The van der Waals surface area contributed by atoms with E-state index >= 15 is 0 Å². The summed E-state index contributed by atoms with van der Waals surface area (Å²) in [6.07, 6.45) is 1.80. The summed E-state index contributed by atoms with van der Waals surface area (Å²) in [5.41, 5.74) is 2.14. The third kappa shape index (κ3) is 3.01. The highest BCUT2D eigenvalue weighted by Crippen LogP contribution is 2.26. The van der Waals surface area contributed by atoms with Gasteiger partial charge in [0, 0.05) is 23.2 Å². The lowest BCUT2D eigenvalue weighted by Gasteiger charge is -2.09. The molecule has 0 unspecified atom stereocenters. The van der Waals surface area contributed by atoms with E-state index in [0.29, 0.717) is 5.88 Å². The number of alkyl halides is 1. The highest BCUT2D eigenvalue weighted by atomic mass is 79.9. The van der Waals surface area contributed by atoms with Gasteiger partial charge in [-0.3, -0.25) is 0 Å². The van der Waals surface area contributed by atoms with Crippen LogP contribution in [0.5, 0.6) is 17.4 Å². The number of ether oxygens (including phenoxy) is 2. The predicted molar refractivity (Wildman–Crippen MR) is 74.7 cm³/mol. The van der Waals surface area contributed by atoms with Gasteiger partial charge in [-0.1, -0.05) is 22.0 Å². The Morgan fingerprint density at radius 1 is 1.22 bits per heavy atom. The second-order valence-electron chi connectivity index (χ2n) is 3.88. The zero-order chi connectivity index (χ0) is 13.0. The van der Waals surface area contributed by atoms with Crippen LogP contribution in [-0.2, 0) is 5.33 Å². The van der Waals surface area contributed by atoms with Crippen molar-refractivity contribution < 1.29 is 9.47 Å². The molecule has 94 valence electrons. The van der Waals surface area contributed by atoms with Gasteiger partial charge in [-0.05, 0) is 30.7 Å². The quantitative estimate of drug-likeness (QED) is 0.797. The molecule has 1 heterocycles. The standard InChI is InChI=1S/C14H14BrNO2/c1-10-6-11(8-15)9-16-14(10)18-13-5-3-4-12(7-13)17-2/h3-7,9H,8H2,1-2H3. The molecule has 18 heavy (non-hydrogen) atoms. The zero-order valence-corrected chi connectivity index (χ0v) is 11.9. The van der Waals surface area contributed by atoms with E-state index in [2.05, 4.69) is 27.0 Å². The smallest absolute Gasteiger partial charge is 0.222 e. The molecule has 0 N–H and O–H groups in total. The number of pyridine rings is 1. The monoisotopic (exact) mass is 307 g/mol. The summed E-state index contributed by atoms with van der Waals surface area (Å²) in [5, 5.41) is 0.792. The third-order valence-electron chi connectivity index (χ3n) is 2.50. The number of aromatic nitrogens is 1. The fraction of sp³-hybridized carbons (Fsp3) is 0.214. The summed E-state index contributed by atoms with van der Waals surface area (Å²) >= 11 is 3.40. The largest absolute Gasteiger partial charge is 0.497 e. The molecule has 2 aromatic rings. The number of nitrogens with zero attached hydrogens (tertiary/aromatic N) is 1. The summed E-state index contributed by atoms with van der Waals surface area (Å²) in [7, 11) is 1.63. The highest BCUT2D eigenvalue weighted by Gasteiger charge is 2.05. The van der Waals surface area contributed by atoms with Crippen LogP contribution in [-0.4, -0.2) is 12.1 Å². The molecule has 0 aliphatic carbocycles. The molecular weight excluding hydrogens is 294 g/mol. The van der Waals surface area contributed by atoms with Crippen molar-refractivity contribution in [3.05, 3.63) is 47.7 Å². The Morgan fingerprint density at radius 3 is 2.67 bits per heavy atom. The molecule has 0 bridgehead atoms. The summed E-state index contributed by atoms with van der Waals surface area (Å²) in [6, 6.07) is 9.52. The van der Waals surface area contributed by atoms with Crippen LogP contribution in [0.3, 0.4) is 0 Å². The number of rotatable bonds is 4. The van der Waals surface area contributed by atoms with Gasteiger partial charge in [-0.15, -0.1) is 0 Å². The van der Waals surface area contributed by atoms with Gasteiger partial charge in [0.05, 0.1) is 7.11 Å². The molecule has 2 rings (SSSR count). The summed E-state index contributed by atoms with van der Waals surface area (Å²) in [6.45, 7) is 1.98. The minimum absolute atomic E-state index is 0.618. The van der Waals surface area contributed by atoms with E-state index in [1.54, 1.807) is 13.3 Å². The van der Waals surface area contributed by atoms with Gasteiger partial charge in [0.2, 0.25) is 5.88 Å². The van der Waals surface area contributed by atoms with Gasteiger partial charge in [0.15, 0.2) is 0 Å². The molecule has 0 atom stereocenters. The van der Waals surface area contributed by atoms with E-state index < -0.39 is 0 Å². The van der Waals surface area contributed by atoms with E-state index in [-0.39, 0.29) is 0 Å². The molecule has 0 fully saturated rings. The van der Waals surface area contributed by atoms with Gasteiger partial charge in [-0.25, -0.2) is 4.98 Å². The molecule has 0 radical (unpaired) electrons. The van der Waals surface area contributed by atoms with Crippen LogP contribution >= 0.6 is 15.9 Å². The second-order valence-corrected chi connectivity index (χ2v) is 4.44. The SMILES string of the molecule is COc1cccc(Oc2ncc(CBr)cc2C)c1. The third-order valence-corrected chi connectivity index (χ3v) is 3.14. The summed E-state index contributed by atoms with van der Waals surface area (Å²) in [5.74, 6) is 2.10.